The zero-order valence-electron chi connectivity index (χ0n) is 13.6. The maximum Gasteiger partial charge on any atom is 0.331 e. The van der Waals surface area contributed by atoms with Crippen molar-refractivity contribution in [3.8, 4) is 11.8 Å². The number of nitrogens with zero attached hydrogens (tertiary/aromatic N) is 3. The summed E-state index contributed by atoms with van der Waals surface area (Å²) in [5, 5.41) is 11.9. The van der Waals surface area contributed by atoms with E-state index in [-0.39, 0.29) is 5.56 Å². The molecule has 0 atom stereocenters. The third-order valence-corrected chi connectivity index (χ3v) is 4.13. The van der Waals surface area contributed by atoms with Crippen molar-refractivity contribution < 1.29 is 9.53 Å². The van der Waals surface area contributed by atoms with Crippen LogP contribution in [0.2, 0.25) is 0 Å². The molecule has 128 valence electrons. The van der Waals surface area contributed by atoms with Crippen LogP contribution in [-0.4, -0.2) is 22.2 Å². The van der Waals surface area contributed by atoms with Gasteiger partial charge < -0.3 is 10.1 Å². The highest BCUT2D eigenvalue weighted by atomic mass is 16.5. The van der Waals surface area contributed by atoms with Crippen LogP contribution in [0, 0.1) is 11.3 Å². The molecule has 0 spiro atoms. The molecule has 25 heavy (non-hydrogen) atoms. The lowest BCUT2D eigenvalue weighted by Crippen LogP contribution is -2.44. The molecular formula is C17H16N4O4. The molecule has 0 saturated heterocycles. The zero-order valence-corrected chi connectivity index (χ0v) is 13.6. The smallest absolute Gasteiger partial charge is 0.331 e. The highest BCUT2D eigenvalue weighted by Crippen LogP contribution is 2.22. The topological polar surface area (TPSA) is 106 Å². The van der Waals surface area contributed by atoms with Crippen LogP contribution >= 0.6 is 0 Å². The molecule has 3 rings (SSSR count). The number of fused-ring (bicyclic) bond motifs is 1. The number of rotatable bonds is 4. The molecule has 1 aromatic carbocycles. The summed E-state index contributed by atoms with van der Waals surface area (Å²) in [5.41, 5.74) is -0.464. The molecule has 0 fully saturated rings. The summed E-state index contributed by atoms with van der Waals surface area (Å²) in [6.45, 7) is -0.0259. The van der Waals surface area contributed by atoms with Crippen LogP contribution in [0.1, 0.15) is 17.7 Å². The first kappa shape index (κ1) is 16.5. The Labute approximate surface area is 142 Å². The van der Waals surface area contributed by atoms with E-state index in [1.807, 2.05) is 6.07 Å². The van der Waals surface area contributed by atoms with Gasteiger partial charge in [-0.2, -0.15) is 5.26 Å². The molecule has 0 bridgehead atoms. The fourth-order valence-corrected chi connectivity index (χ4v) is 2.97. The van der Waals surface area contributed by atoms with Gasteiger partial charge in [0.25, 0.3) is 5.56 Å². The molecule has 8 heteroatoms. The molecular weight excluding hydrogens is 324 g/mol. The van der Waals surface area contributed by atoms with Crippen LogP contribution in [0.15, 0.2) is 33.9 Å². The molecule has 8 nitrogen and oxygen atoms in total. The number of amides is 1. The van der Waals surface area contributed by atoms with Crippen molar-refractivity contribution in [2.75, 3.05) is 12.4 Å². The maximum absolute atomic E-state index is 12.5. The Balaban J connectivity index is 1.94. The van der Waals surface area contributed by atoms with Gasteiger partial charge in [-0.15, -0.1) is 0 Å². The number of hydrogen-bond donors (Lipinski definition) is 1. The largest absolute Gasteiger partial charge is 0.495 e. The second kappa shape index (κ2) is 6.65. The number of nitrogens with one attached hydrogen (secondary N) is 1. The predicted molar refractivity (Wildman–Crippen MR) is 89.6 cm³/mol. The average Bonchev–Trinajstić information content (AvgIpc) is 3.09. The molecule has 0 radical (unpaired) electrons. The Morgan fingerprint density at radius 1 is 1.36 bits per heavy atom. The Bertz CT molecular complexity index is 997. The van der Waals surface area contributed by atoms with Crippen LogP contribution in [0.4, 0.5) is 5.69 Å². The minimum Gasteiger partial charge on any atom is -0.495 e. The lowest BCUT2D eigenvalue weighted by Gasteiger charge is -2.12. The van der Waals surface area contributed by atoms with E-state index in [0.717, 1.165) is 4.57 Å². The quantitative estimate of drug-likeness (QED) is 0.871. The van der Waals surface area contributed by atoms with E-state index in [0.29, 0.717) is 36.5 Å². The normalized spacial score (nSPS) is 12.3. The number of methoxy groups -OCH3 is 1. The fraction of sp³-hybridized carbons (Fsp3) is 0.294. The lowest BCUT2D eigenvalue weighted by atomic mass is 10.2. The predicted octanol–water partition coefficient (Wildman–Crippen LogP) is 0.475. The molecule has 2 heterocycles. The highest BCUT2D eigenvalue weighted by Gasteiger charge is 2.23. The zero-order chi connectivity index (χ0) is 18.0. The number of ether oxygens (including phenoxy) is 1. The first-order chi connectivity index (χ1) is 12.1. The van der Waals surface area contributed by atoms with Crippen LogP contribution < -0.4 is 21.3 Å². The number of para-hydroxylation sites is 2. The molecule has 1 aliphatic rings. The summed E-state index contributed by atoms with van der Waals surface area (Å²) in [5.74, 6) is -0.0854. The molecule has 0 saturated carbocycles. The van der Waals surface area contributed by atoms with Crippen molar-refractivity contribution in [3.63, 3.8) is 0 Å². The maximum atomic E-state index is 12.5. The third kappa shape index (κ3) is 2.92. The Morgan fingerprint density at radius 3 is 2.84 bits per heavy atom. The number of anilines is 1. The lowest BCUT2D eigenvalue weighted by molar-refractivity contribution is -0.116. The second-order valence-corrected chi connectivity index (χ2v) is 5.61. The second-order valence-electron chi connectivity index (χ2n) is 5.61. The first-order valence-corrected chi connectivity index (χ1v) is 7.76. The van der Waals surface area contributed by atoms with Gasteiger partial charge in [0.2, 0.25) is 5.91 Å². The van der Waals surface area contributed by atoms with Gasteiger partial charge in [-0.05, 0) is 25.0 Å². The van der Waals surface area contributed by atoms with Gasteiger partial charge in [-0.1, -0.05) is 12.1 Å². The van der Waals surface area contributed by atoms with E-state index in [9.17, 15) is 19.6 Å². The number of aromatic nitrogens is 2. The van der Waals surface area contributed by atoms with E-state index in [2.05, 4.69) is 5.32 Å². The van der Waals surface area contributed by atoms with E-state index in [4.69, 9.17) is 4.74 Å². The molecule has 2 aromatic rings. The van der Waals surface area contributed by atoms with Crippen molar-refractivity contribution in [1.82, 2.24) is 9.13 Å². The number of nitriles is 1. The number of benzene rings is 1. The molecule has 1 aromatic heterocycles. The van der Waals surface area contributed by atoms with Gasteiger partial charge in [0.05, 0.1) is 12.8 Å². The van der Waals surface area contributed by atoms with Gasteiger partial charge in [-0.3, -0.25) is 14.2 Å². The highest BCUT2D eigenvalue weighted by molar-refractivity contribution is 5.92. The van der Waals surface area contributed by atoms with Crippen LogP contribution in [-0.2, 0) is 24.3 Å². The summed E-state index contributed by atoms with van der Waals surface area (Å²) < 4.78 is 7.35. The van der Waals surface area contributed by atoms with E-state index in [1.54, 1.807) is 24.3 Å². The van der Waals surface area contributed by atoms with Gasteiger partial charge in [0, 0.05) is 12.2 Å². The molecule has 0 unspecified atom stereocenters. The average molecular weight is 340 g/mol. The minimum absolute atomic E-state index is 0.0674. The number of carbonyl (C=O) groups is 1. The van der Waals surface area contributed by atoms with Crippen molar-refractivity contribution in [1.29, 1.82) is 5.26 Å². The van der Waals surface area contributed by atoms with Crippen LogP contribution in [0.3, 0.4) is 0 Å². The van der Waals surface area contributed by atoms with Gasteiger partial charge >= 0.3 is 5.69 Å². The molecule has 1 amide bonds. The van der Waals surface area contributed by atoms with Gasteiger partial charge in [0.1, 0.15) is 23.9 Å². The van der Waals surface area contributed by atoms with Crippen LogP contribution in [0.25, 0.3) is 0 Å². The number of hydrogen-bond acceptors (Lipinski definition) is 5. The third-order valence-electron chi connectivity index (χ3n) is 4.13. The summed E-state index contributed by atoms with van der Waals surface area (Å²) >= 11 is 0. The minimum atomic E-state index is -0.726. The standard InChI is InChI=1S/C17H16N4O4/c1-25-14-7-3-2-5-12(14)19-15(22)10-21-16(23)11(9-18)13-6-4-8-20(13)17(21)24/h2-3,5,7H,4,6,8,10H2,1H3,(H,19,22). The van der Waals surface area contributed by atoms with E-state index in [1.165, 1.54) is 11.7 Å². The van der Waals surface area contributed by atoms with Gasteiger partial charge in [0.15, 0.2) is 0 Å². The Morgan fingerprint density at radius 2 is 2.12 bits per heavy atom. The summed E-state index contributed by atoms with van der Waals surface area (Å²) in [6, 6.07) is 8.67. The van der Waals surface area contributed by atoms with Crippen molar-refractivity contribution in [2.45, 2.75) is 25.9 Å². The van der Waals surface area contributed by atoms with E-state index < -0.39 is 23.7 Å². The number of carbonyl (C=O) groups excluding carboxylic acids is 1. The van der Waals surface area contributed by atoms with Crippen molar-refractivity contribution in [3.05, 3.63) is 56.4 Å². The monoisotopic (exact) mass is 340 g/mol. The van der Waals surface area contributed by atoms with Crippen LogP contribution in [0.5, 0.6) is 5.75 Å². The SMILES string of the molecule is COc1ccccc1NC(=O)Cn1c(=O)c(C#N)c2n(c1=O)CCC2. The van der Waals surface area contributed by atoms with E-state index >= 15 is 0 Å². The summed E-state index contributed by atoms with van der Waals surface area (Å²) in [4.78, 5) is 37.2. The van der Waals surface area contributed by atoms with Crippen molar-refractivity contribution >= 4 is 11.6 Å². The van der Waals surface area contributed by atoms with Crippen molar-refractivity contribution in [2.24, 2.45) is 0 Å². The molecule has 1 aliphatic heterocycles. The Kier molecular flexibility index (Phi) is 4.39. The molecule has 0 aliphatic carbocycles. The Hall–Kier alpha value is -3.34. The summed E-state index contributed by atoms with van der Waals surface area (Å²) in [6.07, 6.45) is 1.21. The van der Waals surface area contributed by atoms with Gasteiger partial charge in [-0.25, -0.2) is 9.36 Å². The molecule has 1 N–H and O–H groups in total. The fourth-order valence-electron chi connectivity index (χ4n) is 2.97. The summed E-state index contributed by atoms with van der Waals surface area (Å²) in [7, 11) is 1.47. The first-order valence-electron chi connectivity index (χ1n) is 7.76.